The normalized spacial score (nSPS) is 11.7. The lowest BCUT2D eigenvalue weighted by Crippen LogP contribution is -2.19. The number of carbonyl (C=O) groups excluding carboxylic acids is 1. The van der Waals surface area contributed by atoms with Gasteiger partial charge in [-0.2, -0.15) is 5.26 Å². The van der Waals surface area contributed by atoms with Gasteiger partial charge in [0.05, 0.1) is 17.2 Å². The first-order valence-corrected chi connectivity index (χ1v) is 8.35. The van der Waals surface area contributed by atoms with Crippen LogP contribution in [0.3, 0.4) is 0 Å². The highest BCUT2D eigenvalue weighted by atomic mass is 16.1. The standard InChI is InChI=1S/C21H25N3O/c1-14-7-8-16(12-17(14)20(2,3)4)24-19(25)15-9-10-23-18(11-15)21(5,6)13-22/h7-12H,1-6H3,(H,24,25). The van der Waals surface area contributed by atoms with E-state index in [1.54, 1.807) is 32.2 Å². The summed E-state index contributed by atoms with van der Waals surface area (Å²) in [6, 6.07) is 11.5. The van der Waals surface area contributed by atoms with Crippen molar-refractivity contribution in [2.24, 2.45) is 0 Å². The number of anilines is 1. The smallest absolute Gasteiger partial charge is 0.255 e. The maximum Gasteiger partial charge on any atom is 0.255 e. The first kappa shape index (κ1) is 18.7. The number of aryl methyl sites for hydroxylation is 1. The van der Waals surface area contributed by atoms with Gasteiger partial charge in [0, 0.05) is 17.4 Å². The number of nitrogens with zero attached hydrogens (tertiary/aromatic N) is 2. The van der Waals surface area contributed by atoms with Crippen LogP contribution in [0, 0.1) is 18.3 Å². The highest BCUT2D eigenvalue weighted by Crippen LogP contribution is 2.28. The Morgan fingerprint density at radius 2 is 1.80 bits per heavy atom. The summed E-state index contributed by atoms with van der Waals surface area (Å²) in [6.45, 7) is 12.1. The Balaban J connectivity index is 2.30. The summed E-state index contributed by atoms with van der Waals surface area (Å²) < 4.78 is 0. The lowest BCUT2D eigenvalue weighted by atomic mass is 9.84. The van der Waals surface area contributed by atoms with Crippen molar-refractivity contribution in [2.75, 3.05) is 5.32 Å². The van der Waals surface area contributed by atoms with E-state index in [4.69, 9.17) is 0 Å². The van der Waals surface area contributed by atoms with E-state index in [0.29, 0.717) is 11.3 Å². The maximum absolute atomic E-state index is 12.6. The molecule has 0 aliphatic carbocycles. The van der Waals surface area contributed by atoms with E-state index in [1.165, 1.54) is 11.1 Å². The number of rotatable bonds is 3. The maximum atomic E-state index is 12.6. The number of hydrogen-bond donors (Lipinski definition) is 1. The number of pyridine rings is 1. The SMILES string of the molecule is Cc1ccc(NC(=O)c2ccnc(C(C)(C)C#N)c2)cc1C(C)(C)C. The number of carbonyl (C=O) groups is 1. The third kappa shape index (κ3) is 4.24. The molecule has 2 aromatic rings. The molecule has 4 heteroatoms. The molecule has 130 valence electrons. The molecule has 0 unspecified atom stereocenters. The van der Waals surface area contributed by atoms with Gasteiger partial charge in [0.15, 0.2) is 0 Å². The quantitative estimate of drug-likeness (QED) is 0.881. The number of nitriles is 1. The van der Waals surface area contributed by atoms with Crippen molar-refractivity contribution in [3.8, 4) is 6.07 Å². The van der Waals surface area contributed by atoms with Gasteiger partial charge in [0.1, 0.15) is 0 Å². The Hall–Kier alpha value is -2.67. The Bertz CT molecular complexity index is 839. The fourth-order valence-corrected chi connectivity index (χ4v) is 2.68. The molecular formula is C21H25N3O. The fraction of sp³-hybridized carbons (Fsp3) is 0.381. The second kappa shape index (κ2) is 6.68. The number of amides is 1. The molecule has 0 saturated heterocycles. The van der Waals surface area contributed by atoms with Gasteiger partial charge in [0.25, 0.3) is 5.91 Å². The molecule has 1 amide bonds. The lowest BCUT2D eigenvalue weighted by molar-refractivity contribution is 0.102. The average molecular weight is 335 g/mol. The van der Waals surface area contributed by atoms with Crippen LogP contribution in [-0.2, 0) is 10.8 Å². The molecule has 0 radical (unpaired) electrons. The van der Waals surface area contributed by atoms with Crippen molar-refractivity contribution < 1.29 is 4.79 Å². The monoisotopic (exact) mass is 335 g/mol. The predicted octanol–water partition coefficient (Wildman–Crippen LogP) is 4.74. The van der Waals surface area contributed by atoms with E-state index < -0.39 is 5.41 Å². The van der Waals surface area contributed by atoms with E-state index in [2.05, 4.69) is 44.1 Å². The number of benzene rings is 1. The molecule has 1 aromatic heterocycles. The van der Waals surface area contributed by atoms with Gasteiger partial charge < -0.3 is 5.32 Å². The molecule has 0 bridgehead atoms. The van der Waals surface area contributed by atoms with Crippen LogP contribution in [0.1, 0.15) is 61.8 Å². The third-order valence-electron chi connectivity index (χ3n) is 4.25. The molecular weight excluding hydrogens is 310 g/mol. The van der Waals surface area contributed by atoms with E-state index >= 15 is 0 Å². The van der Waals surface area contributed by atoms with Gasteiger partial charge in [-0.25, -0.2) is 0 Å². The topological polar surface area (TPSA) is 65.8 Å². The number of aromatic nitrogens is 1. The van der Waals surface area contributed by atoms with Gasteiger partial charge in [0.2, 0.25) is 0 Å². The molecule has 1 N–H and O–H groups in total. The summed E-state index contributed by atoms with van der Waals surface area (Å²) in [5.74, 6) is -0.207. The average Bonchev–Trinajstić information content (AvgIpc) is 2.55. The highest BCUT2D eigenvalue weighted by molar-refractivity contribution is 6.04. The molecule has 0 fully saturated rings. The summed E-state index contributed by atoms with van der Waals surface area (Å²) in [6.07, 6.45) is 1.57. The second-order valence-electron chi connectivity index (χ2n) is 7.90. The number of nitrogens with one attached hydrogen (secondary N) is 1. The van der Waals surface area contributed by atoms with E-state index in [-0.39, 0.29) is 11.3 Å². The Kier molecular flexibility index (Phi) is 4.99. The zero-order chi connectivity index (χ0) is 18.8. The molecule has 2 rings (SSSR count). The minimum atomic E-state index is -0.737. The minimum Gasteiger partial charge on any atom is -0.322 e. The van der Waals surface area contributed by atoms with Gasteiger partial charge in [-0.05, 0) is 61.6 Å². The van der Waals surface area contributed by atoms with Crippen molar-refractivity contribution in [1.82, 2.24) is 4.98 Å². The van der Waals surface area contributed by atoms with Crippen LogP contribution >= 0.6 is 0 Å². The molecule has 1 aromatic carbocycles. The summed E-state index contributed by atoms with van der Waals surface area (Å²) in [7, 11) is 0. The Morgan fingerprint density at radius 1 is 1.12 bits per heavy atom. The summed E-state index contributed by atoms with van der Waals surface area (Å²) in [5.41, 5.74) is 3.51. The van der Waals surface area contributed by atoms with Crippen LogP contribution in [0.15, 0.2) is 36.5 Å². The van der Waals surface area contributed by atoms with E-state index in [0.717, 1.165) is 5.69 Å². The molecule has 0 spiro atoms. The fourth-order valence-electron chi connectivity index (χ4n) is 2.68. The number of hydrogen-bond acceptors (Lipinski definition) is 3. The highest BCUT2D eigenvalue weighted by Gasteiger charge is 2.23. The van der Waals surface area contributed by atoms with Crippen LogP contribution in [0.2, 0.25) is 0 Å². The third-order valence-corrected chi connectivity index (χ3v) is 4.25. The zero-order valence-corrected chi connectivity index (χ0v) is 15.8. The molecule has 0 saturated carbocycles. The zero-order valence-electron chi connectivity index (χ0n) is 15.8. The van der Waals surface area contributed by atoms with Crippen LogP contribution in [0.25, 0.3) is 0 Å². The van der Waals surface area contributed by atoms with Crippen molar-refractivity contribution in [2.45, 2.75) is 52.4 Å². The molecule has 0 aliphatic heterocycles. The van der Waals surface area contributed by atoms with Crippen molar-refractivity contribution >= 4 is 11.6 Å². The summed E-state index contributed by atoms with van der Waals surface area (Å²) in [4.78, 5) is 16.8. The van der Waals surface area contributed by atoms with Crippen LogP contribution in [-0.4, -0.2) is 10.9 Å². The molecule has 25 heavy (non-hydrogen) atoms. The van der Waals surface area contributed by atoms with E-state index in [1.807, 2.05) is 18.2 Å². The predicted molar refractivity (Wildman–Crippen MR) is 101 cm³/mol. The molecule has 0 atom stereocenters. The summed E-state index contributed by atoms with van der Waals surface area (Å²) >= 11 is 0. The van der Waals surface area contributed by atoms with Gasteiger partial charge in [-0.15, -0.1) is 0 Å². The molecule has 4 nitrogen and oxygen atoms in total. The van der Waals surface area contributed by atoms with Crippen LogP contribution in [0.4, 0.5) is 5.69 Å². The van der Waals surface area contributed by atoms with E-state index in [9.17, 15) is 10.1 Å². The molecule has 0 aliphatic rings. The first-order chi connectivity index (χ1) is 11.5. The largest absolute Gasteiger partial charge is 0.322 e. The Morgan fingerprint density at radius 3 is 2.40 bits per heavy atom. The van der Waals surface area contributed by atoms with Gasteiger partial charge in [-0.3, -0.25) is 9.78 Å². The summed E-state index contributed by atoms with van der Waals surface area (Å²) in [5, 5.41) is 12.2. The van der Waals surface area contributed by atoms with Crippen LogP contribution in [0.5, 0.6) is 0 Å². The van der Waals surface area contributed by atoms with Crippen molar-refractivity contribution in [3.63, 3.8) is 0 Å². The van der Waals surface area contributed by atoms with Gasteiger partial charge >= 0.3 is 0 Å². The first-order valence-electron chi connectivity index (χ1n) is 8.35. The second-order valence-corrected chi connectivity index (χ2v) is 7.90. The van der Waals surface area contributed by atoms with Crippen LogP contribution < -0.4 is 5.32 Å². The van der Waals surface area contributed by atoms with Gasteiger partial charge in [-0.1, -0.05) is 26.8 Å². The van der Waals surface area contributed by atoms with Crippen molar-refractivity contribution in [1.29, 1.82) is 5.26 Å². The Labute approximate surface area is 149 Å². The minimum absolute atomic E-state index is 0.00543. The molecule has 1 heterocycles. The van der Waals surface area contributed by atoms with Crippen molar-refractivity contribution in [3.05, 3.63) is 58.9 Å². The lowest BCUT2D eigenvalue weighted by Gasteiger charge is -2.22.